The van der Waals surface area contributed by atoms with Crippen LogP contribution in [0.1, 0.15) is 26.5 Å². The van der Waals surface area contributed by atoms with E-state index in [9.17, 15) is 14.7 Å². The van der Waals surface area contributed by atoms with Crippen molar-refractivity contribution in [1.82, 2.24) is 9.47 Å². The van der Waals surface area contributed by atoms with Crippen molar-refractivity contribution in [2.45, 2.75) is 39.5 Å². The molecule has 0 aliphatic carbocycles. The van der Waals surface area contributed by atoms with E-state index in [0.717, 1.165) is 0 Å². The summed E-state index contributed by atoms with van der Waals surface area (Å²) in [6.07, 6.45) is 1.02. The van der Waals surface area contributed by atoms with Crippen LogP contribution in [0, 0.1) is 0 Å². The lowest BCUT2D eigenvalue weighted by atomic mass is 10.2. The fraction of sp³-hybridized carbons (Fsp3) is 0.538. The van der Waals surface area contributed by atoms with Gasteiger partial charge in [-0.15, -0.1) is 0 Å². The third kappa shape index (κ3) is 3.07. The van der Waals surface area contributed by atoms with E-state index < -0.39 is 11.0 Å². The Bertz CT molecular complexity index is 557. The lowest BCUT2D eigenvalue weighted by Gasteiger charge is -2.32. The van der Waals surface area contributed by atoms with E-state index in [4.69, 9.17) is 4.74 Å². The van der Waals surface area contributed by atoms with E-state index in [1.165, 1.54) is 12.3 Å². The molecule has 2 heterocycles. The van der Waals surface area contributed by atoms with Gasteiger partial charge in [-0.1, -0.05) is 0 Å². The van der Waals surface area contributed by atoms with Crippen molar-refractivity contribution < 1.29 is 14.6 Å². The number of hydrogen-bond donors (Lipinski definition) is 1. The summed E-state index contributed by atoms with van der Waals surface area (Å²) < 4.78 is 7.07. The third-order valence-corrected chi connectivity index (χ3v) is 2.81. The zero-order chi connectivity index (χ0) is 14.2. The number of aromatic nitrogens is 1. The van der Waals surface area contributed by atoms with Gasteiger partial charge >= 0.3 is 6.09 Å². The molecule has 1 aliphatic rings. The monoisotopic (exact) mass is 266 g/mol. The van der Waals surface area contributed by atoms with Gasteiger partial charge in [-0.25, -0.2) is 4.79 Å². The Morgan fingerprint density at radius 1 is 1.37 bits per heavy atom. The topological polar surface area (TPSA) is 71.8 Å². The standard InChI is InChI=1S/C13H18N2O4/c1-13(2,3)19-12(18)15-5-4-14-8-11(17)10(16)6-9(14)7-15/h6,8,17H,4-5,7H2,1-3H3. The minimum atomic E-state index is -0.539. The maximum atomic E-state index is 11.9. The van der Waals surface area contributed by atoms with Crippen LogP contribution >= 0.6 is 0 Å². The number of carbonyl (C=O) groups excluding carboxylic acids is 1. The Morgan fingerprint density at radius 2 is 2.05 bits per heavy atom. The smallest absolute Gasteiger partial charge is 0.410 e. The Hall–Kier alpha value is -1.98. The van der Waals surface area contributed by atoms with Crippen molar-refractivity contribution in [3.8, 4) is 5.75 Å². The number of ether oxygens (including phenoxy) is 1. The van der Waals surface area contributed by atoms with Crippen molar-refractivity contribution in [1.29, 1.82) is 0 Å². The average Bonchev–Trinajstić information content (AvgIpc) is 2.27. The van der Waals surface area contributed by atoms with Gasteiger partial charge in [-0.05, 0) is 20.8 Å². The first-order chi connectivity index (χ1) is 8.76. The molecule has 0 radical (unpaired) electrons. The molecule has 104 valence electrons. The normalized spacial score (nSPS) is 15.0. The summed E-state index contributed by atoms with van der Waals surface area (Å²) in [6, 6.07) is 1.35. The van der Waals surface area contributed by atoms with Crippen molar-refractivity contribution in [3.05, 3.63) is 28.2 Å². The largest absolute Gasteiger partial charge is 0.503 e. The first-order valence-electron chi connectivity index (χ1n) is 6.16. The highest BCUT2D eigenvalue weighted by atomic mass is 16.6. The van der Waals surface area contributed by atoms with Crippen LogP contribution in [0.25, 0.3) is 0 Å². The van der Waals surface area contributed by atoms with Crippen LogP contribution in [0.4, 0.5) is 4.79 Å². The SMILES string of the molecule is CC(C)(C)OC(=O)N1CCn2cc(O)c(=O)cc2C1. The highest BCUT2D eigenvalue weighted by Gasteiger charge is 2.25. The second-order valence-corrected chi connectivity index (χ2v) is 5.61. The van der Waals surface area contributed by atoms with Crippen LogP contribution < -0.4 is 5.43 Å². The molecule has 19 heavy (non-hydrogen) atoms. The predicted octanol–water partition coefficient (Wildman–Crippen LogP) is 1.30. The van der Waals surface area contributed by atoms with Gasteiger partial charge in [-0.2, -0.15) is 0 Å². The van der Waals surface area contributed by atoms with Gasteiger partial charge in [0.1, 0.15) is 5.60 Å². The molecule has 6 nitrogen and oxygen atoms in total. The molecular formula is C13H18N2O4. The number of amides is 1. The molecule has 0 saturated carbocycles. The zero-order valence-electron chi connectivity index (χ0n) is 11.3. The van der Waals surface area contributed by atoms with Crippen LogP contribution in [0.15, 0.2) is 17.1 Å². The molecule has 1 aromatic heterocycles. The molecule has 0 fully saturated rings. The Labute approximate surface area is 111 Å². The minimum absolute atomic E-state index is 0.269. The third-order valence-electron chi connectivity index (χ3n) is 2.81. The molecule has 6 heteroatoms. The fourth-order valence-corrected chi connectivity index (χ4v) is 1.93. The Kier molecular flexibility index (Phi) is 3.26. The number of hydrogen-bond acceptors (Lipinski definition) is 4. The van der Waals surface area contributed by atoms with E-state index in [1.54, 1.807) is 9.47 Å². The first kappa shape index (κ1) is 13.5. The zero-order valence-corrected chi connectivity index (χ0v) is 11.3. The van der Waals surface area contributed by atoms with Crippen LogP contribution in [0.2, 0.25) is 0 Å². The molecule has 1 aliphatic heterocycles. The number of fused-ring (bicyclic) bond motifs is 1. The van der Waals surface area contributed by atoms with E-state index in [2.05, 4.69) is 0 Å². The van der Waals surface area contributed by atoms with Crippen molar-refractivity contribution in [2.24, 2.45) is 0 Å². The molecule has 1 aromatic rings. The molecule has 0 aromatic carbocycles. The van der Waals surface area contributed by atoms with Crippen LogP contribution in [-0.2, 0) is 17.8 Å². The fourth-order valence-electron chi connectivity index (χ4n) is 1.93. The Balaban J connectivity index is 2.16. The second kappa shape index (κ2) is 4.60. The number of rotatable bonds is 0. The van der Waals surface area contributed by atoms with Crippen LogP contribution in [0.3, 0.4) is 0 Å². The van der Waals surface area contributed by atoms with Crippen molar-refractivity contribution in [3.63, 3.8) is 0 Å². The summed E-state index contributed by atoms with van der Waals surface area (Å²) in [4.78, 5) is 24.9. The van der Waals surface area contributed by atoms with Gasteiger partial charge < -0.3 is 19.3 Å². The minimum Gasteiger partial charge on any atom is -0.503 e. The molecular weight excluding hydrogens is 248 g/mol. The van der Waals surface area contributed by atoms with Gasteiger partial charge in [0.2, 0.25) is 5.43 Å². The van der Waals surface area contributed by atoms with Gasteiger partial charge in [0.25, 0.3) is 0 Å². The van der Waals surface area contributed by atoms with Crippen molar-refractivity contribution in [2.75, 3.05) is 6.54 Å². The summed E-state index contributed by atoms with van der Waals surface area (Å²) in [5.74, 6) is -0.269. The van der Waals surface area contributed by atoms with E-state index in [0.29, 0.717) is 25.3 Å². The predicted molar refractivity (Wildman–Crippen MR) is 69.0 cm³/mol. The molecule has 1 N–H and O–H groups in total. The summed E-state index contributed by atoms with van der Waals surface area (Å²) in [5.41, 5.74) is -0.277. The number of nitrogens with zero attached hydrogens (tertiary/aromatic N) is 2. The molecule has 0 spiro atoms. The van der Waals surface area contributed by atoms with E-state index in [1.807, 2.05) is 20.8 Å². The lowest BCUT2D eigenvalue weighted by Crippen LogP contribution is -2.42. The summed E-state index contributed by atoms with van der Waals surface area (Å²) >= 11 is 0. The molecule has 0 unspecified atom stereocenters. The first-order valence-corrected chi connectivity index (χ1v) is 6.16. The summed E-state index contributed by atoms with van der Waals surface area (Å²) in [6.45, 7) is 6.76. The molecule has 0 saturated heterocycles. The average molecular weight is 266 g/mol. The van der Waals surface area contributed by atoms with E-state index >= 15 is 0 Å². The maximum Gasteiger partial charge on any atom is 0.410 e. The summed E-state index contributed by atoms with van der Waals surface area (Å²) in [5, 5.41) is 9.36. The van der Waals surface area contributed by atoms with Crippen LogP contribution in [-0.4, -0.2) is 32.8 Å². The number of aromatic hydroxyl groups is 1. The van der Waals surface area contributed by atoms with Gasteiger partial charge in [0.15, 0.2) is 5.75 Å². The summed E-state index contributed by atoms with van der Waals surface area (Å²) in [7, 11) is 0. The maximum absolute atomic E-state index is 11.9. The van der Waals surface area contributed by atoms with Gasteiger partial charge in [0.05, 0.1) is 12.7 Å². The van der Waals surface area contributed by atoms with Crippen LogP contribution in [0.5, 0.6) is 5.75 Å². The second-order valence-electron chi connectivity index (χ2n) is 5.61. The highest BCUT2D eigenvalue weighted by Crippen LogP contribution is 2.17. The highest BCUT2D eigenvalue weighted by molar-refractivity contribution is 5.68. The van der Waals surface area contributed by atoms with Gasteiger partial charge in [0, 0.05) is 24.8 Å². The Morgan fingerprint density at radius 3 is 2.68 bits per heavy atom. The molecule has 0 atom stereocenters. The molecule has 1 amide bonds. The number of pyridine rings is 1. The van der Waals surface area contributed by atoms with Crippen molar-refractivity contribution >= 4 is 6.09 Å². The number of carbonyl (C=O) groups is 1. The molecule has 0 bridgehead atoms. The molecule has 2 rings (SSSR count). The quantitative estimate of drug-likeness (QED) is 0.768. The lowest BCUT2D eigenvalue weighted by molar-refractivity contribution is 0.0197. The van der Waals surface area contributed by atoms with Gasteiger partial charge in [-0.3, -0.25) is 4.79 Å². The van der Waals surface area contributed by atoms with E-state index in [-0.39, 0.29) is 11.8 Å².